The zero-order valence-electron chi connectivity index (χ0n) is 15.6. The Kier molecular flexibility index (Phi) is 8.26. The molecule has 146 valence electrons. The average molecular weight is 439 g/mol. The van der Waals surface area contributed by atoms with Crippen molar-refractivity contribution < 1.29 is 28.5 Å². The summed E-state index contributed by atoms with van der Waals surface area (Å²) in [6.07, 6.45) is 0.748. The van der Waals surface area contributed by atoms with Gasteiger partial charge in [0.05, 0.1) is 21.3 Å². The third-order valence-electron chi connectivity index (χ3n) is 3.75. The molecule has 0 N–H and O–H groups in total. The molecule has 0 unspecified atom stereocenters. The van der Waals surface area contributed by atoms with Crippen LogP contribution in [0.1, 0.15) is 12.0 Å². The van der Waals surface area contributed by atoms with Gasteiger partial charge < -0.3 is 23.7 Å². The zero-order valence-corrected chi connectivity index (χ0v) is 17.2. The molecule has 6 nitrogen and oxygen atoms in total. The number of carbonyl (C=O) groups excluding carboxylic acids is 1. The first-order valence-corrected chi connectivity index (χ1v) is 9.19. The number of aryl methyl sites for hydroxylation is 1. The van der Waals surface area contributed by atoms with Gasteiger partial charge in [0.1, 0.15) is 19.0 Å². The van der Waals surface area contributed by atoms with Gasteiger partial charge in [0.2, 0.25) is 5.75 Å². The third kappa shape index (κ3) is 6.36. The minimum absolute atomic E-state index is 0.195. The SMILES string of the molecule is COc1cc(CCC(=O)OCCOc2cccc(Br)c2)cc(OC)c1OC. The predicted octanol–water partition coefficient (Wildman–Crippen LogP) is 4.03. The molecule has 0 atom stereocenters. The second-order valence-corrected chi connectivity index (χ2v) is 6.48. The first-order chi connectivity index (χ1) is 13.1. The standard InChI is InChI=1S/C20H23BrO6/c1-23-17-11-14(12-18(24-2)20(17)25-3)7-8-19(22)27-10-9-26-16-6-4-5-15(21)13-16/h4-6,11-13H,7-10H2,1-3H3. The largest absolute Gasteiger partial charge is 0.493 e. The molecule has 0 spiro atoms. The van der Waals surface area contributed by atoms with Crippen molar-refractivity contribution in [3.63, 3.8) is 0 Å². The fourth-order valence-corrected chi connectivity index (χ4v) is 2.85. The van der Waals surface area contributed by atoms with Crippen molar-refractivity contribution in [2.45, 2.75) is 12.8 Å². The molecule has 0 heterocycles. The number of halogens is 1. The van der Waals surface area contributed by atoms with E-state index in [1.807, 2.05) is 36.4 Å². The maximum Gasteiger partial charge on any atom is 0.306 e. The molecule has 2 rings (SSSR count). The second kappa shape index (κ2) is 10.7. The highest BCUT2D eigenvalue weighted by Gasteiger charge is 2.14. The van der Waals surface area contributed by atoms with E-state index in [-0.39, 0.29) is 19.0 Å². The van der Waals surface area contributed by atoms with Crippen molar-refractivity contribution >= 4 is 21.9 Å². The molecule has 7 heteroatoms. The van der Waals surface area contributed by atoms with Crippen LogP contribution in [0.15, 0.2) is 40.9 Å². The number of carbonyl (C=O) groups is 1. The van der Waals surface area contributed by atoms with Gasteiger partial charge in [-0.2, -0.15) is 0 Å². The van der Waals surface area contributed by atoms with Crippen molar-refractivity contribution in [1.29, 1.82) is 0 Å². The molecule has 0 aliphatic carbocycles. The fraction of sp³-hybridized carbons (Fsp3) is 0.350. The lowest BCUT2D eigenvalue weighted by Gasteiger charge is -2.14. The van der Waals surface area contributed by atoms with Crippen molar-refractivity contribution in [1.82, 2.24) is 0 Å². The molecule has 0 radical (unpaired) electrons. The van der Waals surface area contributed by atoms with Crippen LogP contribution >= 0.6 is 15.9 Å². The Labute approximate surface area is 167 Å². The molecule has 0 aliphatic heterocycles. The summed E-state index contributed by atoms with van der Waals surface area (Å²) in [5, 5.41) is 0. The van der Waals surface area contributed by atoms with Crippen LogP contribution in [0.5, 0.6) is 23.0 Å². The van der Waals surface area contributed by atoms with Gasteiger partial charge in [0, 0.05) is 10.9 Å². The van der Waals surface area contributed by atoms with Crippen molar-refractivity contribution in [2.24, 2.45) is 0 Å². The highest BCUT2D eigenvalue weighted by molar-refractivity contribution is 9.10. The highest BCUT2D eigenvalue weighted by atomic mass is 79.9. The lowest BCUT2D eigenvalue weighted by atomic mass is 10.1. The van der Waals surface area contributed by atoms with Gasteiger partial charge in [-0.1, -0.05) is 22.0 Å². The van der Waals surface area contributed by atoms with Gasteiger partial charge in [-0.15, -0.1) is 0 Å². The van der Waals surface area contributed by atoms with E-state index in [2.05, 4.69) is 15.9 Å². The minimum Gasteiger partial charge on any atom is -0.493 e. The Hall–Kier alpha value is -2.41. The van der Waals surface area contributed by atoms with E-state index in [1.165, 1.54) is 0 Å². The smallest absolute Gasteiger partial charge is 0.306 e. The van der Waals surface area contributed by atoms with Gasteiger partial charge in [0.15, 0.2) is 11.5 Å². The Balaban J connectivity index is 1.79. The van der Waals surface area contributed by atoms with Gasteiger partial charge in [-0.25, -0.2) is 0 Å². The third-order valence-corrected chi connectivity index (χ3v) is 4.25. The van der Waals surface area contributed by atoms with Crippen LogP contribution in [0.3, 0.4) is 0 Å². The van der Waals surface area contributed by atoms with Gasteiger partial charge in [0.25, 0.3) is 0 Å². The topological polar surface area (TPSA) is 63.2 Å². The molecule has 0 aromatic heterocycles. The van der Waals surface area contributed by atoms with E-state index in [0.717, 1.165) is 15.8 Å². The minimum atomic E-state index is -0.290. The maximum atomic E-state index is 11.9. The average Bonchev–Trinajstić information content (AvgIpc) is 2.68. The summed E-state index contributed by atoms with van der Waals surface area (Å²) in [5.74, 6) is 2.07. The maximum absolute atomic E-state index is 11.9. The van der Waals surface area contributed by atoms with Crippen LogP contribution in [-0.4, -0.2) is 40.5 Å². The summed E-state index contributed by atoms with van der Waals surface area (Å²) in [7, 11) is 4.66. The number of methoxy groups -OCH3 is 3. The lowest BCUT2D eigenvalue weighted by Crippen LogP contribution is -2.12. The molecular weight excluding hydrogens is 416 g/mol. The fourth-order valence-electron chi connectivity index (χ4n) is 2.47. The van der Waals surface area contributed by atoms with E-state index in [1.54, 1.807) is 21.3 Å². The number of ether oxygens (including phenoxy) is 5. The van der Waals surface area contributed by atoms with Crippen LogP contribution < -0.4 is 18.9 Å². The monoisotopic (exact) mass is 438 g/mol. The summed E-state index contributed by atoms with van der Waals surface area (Å²) in [4.78, 5) is 11.9. The summed E-state index contributed by atoms with van der Waals surface area (Å²) in [6, 6.07) is 11.1. The van der Waals surface area contributed by atoms with E-state index in [9.17, 15) is 4.79 Å². The van der Waals surface area contributed by atoms with Crippen LogP contribution in [0.4, 0.5) is 0 Å². The van der Waals surface area contributed by atoms with E-state index in [4.69, 9.17) is 23.7 Å². The Morgan fingerprint density at radius 1 is 0.963 bits per heavy atom. The summed E-state index contributed by atoms with van der Waals surface area (Å²) in [6.45, 7) is 0.493. The quantitative estimate of drug-likeness (QED) is 0.412. The molecule has 0 saturated carbocycles. The predicted molar refractivity (Wildman–Crippen MR) is 105 cm³/mol. The van der Waals surface area contributed by atoms with Crippen LogP contribution in [-0.2, 0) is 16.0 Å². The summed E-state index contributed by atoms with van der Waals surface area (Å²) in [5.41, 5.74) is 0.895. The van der Waals surface area contributed by atoms with Crippen LogP contribution in [0.25, 0.3) is 0 Å². The van der Waals surface area contributed by atoms with E-state index in [0.29, 0.717) is 30.3 Å². The number of benzene rings is 2. The molecule has 27 heavy (non-hydrogen) atoms. The number of esters is 1. The van der Waals surface area contributed by atoms with E-state index < -0.39 is 0 Å². The Bertz CT molecular complexity index is 737. The number of hydrogen-bond acceptors (Lipinski definition) is 6. The Morgan fingerprint density at radius 2 is 1.67 bits per heavy atom. The summed E-state index contributed by atoms with van der Waals surface area (Å²) < 4.78 is 27.6. The second-order valence-electron chi connectivity index (χ2n) is 5.56. The first kappa shape index (κ1) is 20.9. The Morgan fingerprint density at radius 3 is 2.26 bits per heavy atom. The molecule has 0 amide bonds. The first-order valence-electron chi connectivity index (χ1n) is 8.40. The molecule has 0 bridgehead atoms. The number of rotatable bonds is 10. The molecule has 0 saturated heterocycles. The van der Waals surface area contributed by atoms with Gasteiger partial charge in [-0.05, 0) is 42.3 Å². The van der Waals surface area contributed by atoms with Gasteiger partial charge in [-0.3, -0.25) is 4.79 Å². The van der Waals surface area contributed by atoms with Crippen molar-refractivity contribution in [2.75, 3.05) is 34.5 Å². The molecule has 2 aromatic rings. The van der Waals surface area contributed by atoms with Crippen molar-refractivity contribution in [3.05, 3.63) is 46.4 Å². The normalized spacial score (nSPS) is 10.2. The molecule has 0 aliphatic rings. The van der Waals surface area contributed by atoms with Gasteiger partial charge >= 0.3 is 5.97 Å². The summed E-state index contributed by atoms with van der Waals surface area (Å²) >= 11 is 3.38. The zero-order chi connectivity index (χ0) is 19.6. The van der Waals surface area contributed by atoms with Crippen LogP contribution in [0, 0.1) is 0 Å². The lowest BCUT2D eigenvalue weighted by molar-refractivity contribution is -0.144. The molecule has 2 aromatic carbocycles. The van der Waals surface area contributed by atoms with Crippen LogP contribution in [0.2, 0.25) is 0 Å². The molecule has 0 fully saturated rings. The van der Waals surface area contributed by atoms with E-state index >= 15 is 0 Å². The van der Waals surface area contributed by atoms with Crippen molar-refractivity contribution in [3.8, 4) is 23.0 Å². The molecular formula is C20H23BrO6. The highest BCUT2D eigenvalue weighted by Crippen LogP contribution is 2.38. The number of hydrogen-bond donors (Lipinski definition) is 0.